The highest BCUT2D eigenvalue weighted by atomic mass is 32.2. The van der Waals surface area contributed by atoms with Gasteiger partial charge in [0.15, 0.2) is 0 Å². The van der Waals surface area contributed by atoms with E-state index in [1.807, 2.05) is 11.8 Å². The summed E-state index contributed by atoms with van der Waals surface area (Å²) in [7, 11) is 2.23. The minimum absolute atomic E-state index is 0.337. The van der Waals surface area contributed by atoms with E-state index >= 15 is 0 Å². The van der Waals surface area contributed by atoms with E-state index < -0.39 is 0 Å². The molecule has 1 fully saturated rings. The quantitative estimate of drug-likeness (QED) is 0.805. The van der Waals surface area contributed by atoms with Gasteiger partial charge >= 0.3 is 0 Å². The molecule has 0 amide bonds. The largest absolute Gasteiger partial charge is 0.327 e. The van der Waals surface area contributed by atoms with Crippen LogP contribution < -0.4 is 5.73 Å². The molecule has 0 aromatic rings. The van der Waals surface area contributed by atoms with Crippen LogP contribution in [-0.4, -0.2) is 43.1 Å². The summed E-state index contributed by atoms with van der Waals surface area (Å²) in [4.78, 5) is 2.45. The average molecular weight is 244 g/mol. The molecule has 1 aliphatic rings. The normalized spacial score (nSPS) is 29.6. The predicted molar refractivity (Wildman–Crippen MR) is 75.0 cm³/mol. The Bertz CT molecular complexity index is 206. The van der Waals surface area contributed by atoms with Crippen LogP contribution in [0.1, 0.15) is 33.1 Å². The second-order valence-corrected chi connectivity index (χ2v) is 6.91. The maximum Gasteiger partial charge on any atom is 0.0131 e. The maximum absolute atomic E-state index is 6.40. The Balaban J connectivity index is 2.41. The van der Waals surface area contributed by atoms with Crippen LogP contribution in [-0.2, 0) is 0 Å². The number of hydrogen-bond acceptors (Lipinski definition) is 3. The van der Waals surface area contributed by atoms with Crippen molar-refractivity contribution in [3.8, 4) is 0 Å². The van der Waals surface area contributed by atoms with Gasteiger partial charge in [-0.2, -0.15) is 11.8 Å². The van der Waals surface area contributed by atoms with E-state index in [2.05, 4.69) is 32.1 Å². The number of nitrogens with zero attached hydrogens (tertiary/aromatic N) is 1. The van der Waals surface area contributed by atoms with Gasteiger partial charge in [-0.3, -0.25) is 0 Å². The minimum atomic E-state index is 0.337. The first-order chi connectivity index (χ1) is 7.47. The van der Waals surface area contributed by atoms with Crippen LogP contribution in [0.25, 0.3) is 0 Å². The van der Waals surface area contributed by atoms with Crippen molar-refractivity contribution in [2.45, 2.75) is 39.2 Å². The van der Waals surface area contributed by atoms with Crippen LogP contribution >= 0.6 is 11.8 Å². The molecule has 0 radical (unpaired) electrons. The van der Waals surface area contributed by atoms with Crippen molar-refractivity contribution in [3.63, 3.8) is 0 Å². The molecule has 2 nitrogen and oxygen atoms in total. The molecular formula is C13H28N2S. The average Bonchev–Trinajstić information content (AvgIpc) is 2.22. The van der Waals surface area contributed by atoms with Crippen LogP contribution in [0.5, 0.6) is 0 Å². The Kier molecular flexibility index (Phi) is 5.62. The van der Waals surface area contributed by atoms with Gasteiger partial charge in [0.2, 0.25) is 0 Å². The van der Waals surface area contributed by atoms with Gasteiger partial charge in [0, 0.05) is 24.9 Å². The third-order valence-electron chi connectivity index (χ3n) is 4.03. The summed E-state index contributed by atoms with van der Waals surface area (Å²) in [5, 5.41) is 0. The fraction of sp³-hybridized carbons (Fsp3) is 1.00. The number of hydrogen-bond donors (Lipinski definition) is 1. The molecule has 96 valence electrons. The van der Waals surface area contributed by atoms with E-state index in [0.29, 0.717) is 17.4 Å². The van der Waals surface area contributed by atoms with Gasteiger partial charge in [0.05, 0.1) is 0 Å². The summed E-state index contributed by atoms with van der Waals surface area (Å²) >= 11 is 1.92. The molecule has 2 atom stereocenters. The van der Waals surface area contributed by atoms with E-state index in [-0.39, 0.29) is 0 Å². The van der Waals surface area contributed by atoms with Crippen LogP contribution in [0.2, 0.25) is 0 Å². The van der Waals surface area contributed by atoms with Crippen molar-refractivity contribution >= 4 is 11.8 Å². The molecule has 3 heteroatoms. The van der Waals surface area contributed by atoms with Crippen LogP contribution in [0.15, 0.2) is 0 Å². The van der Waals surface area contributed by atoms with Crippen molar-refractivity contribution in [2.75, 3.05) is 32.1 Å². The third-order valence-corrected chi connectivity index (χ3v) is 4.62. The molecule has 0 aromatic heterocycles. The van der Waals surface area contributed by atoms with Crippen LogP contribution in [0.4, 0.5) is 0 Å². The molecule has 0 bridgehead atoms. The number of nitrogens with two attached hydrogens (primary N) is 1. The van der Waals surface area contributed by atoms with Crippen LogP contribution in [0.3, 0.4) is 0 Å². The summed E-state index contributed by atoms with van der Waals surface area (Å²) < 4.78 is 0. The minimum Gasteiger partial charge on any atom is -0.327 e. The number of thioether (sulfide) groups is 1. The van der Waals surface area contributed by atoms with Gasteiger partial charge in [0.1, 0.15) is 0 Å². The molecule has 0 aromatic carbocycles. The zero-order valence-electron chi connectivity index (χ0n) is 11.3. The van der Waals surface area contributed by atoms with Crippen molar-refractivity contribution < 1.29 is 0 Å². The van der Waals surface area contributed by atoms with Gasteiger partial charge in [-0.25, -0.2) is 0 Å². The first-order valence-corrected chi connectivity index (χ1v) is 7.80. The molecule has 1 rings (SSSR count). The summed E-state index contributed by atoms with van der Waals surface area (Å²) in [5.74, 6) is 1.91. The Morgan fingerprint density at radius 2 is 2.12 bits per heavy atom. The highest BCUT2D eigenvalue weighted by molar-refractivity contribution is 7.98. The molecule has 0 heterocycles. The lowest BCUT2D eigenvalue weighted by Gasteiger charge is -2.43. The lowest BCUT2D eigenvalue weighted by Crippen LogP contribution is -2.49. The summed E-state index contributed by atoms with van der Waals surface area (Å²) in [5.41, 5.74) is 6.74. The molecule has 1 saturated carbocycles. The fourth-order valence-electron chi connectivity index (χ4n) is 2.75. The van der Waals surface area contributed by atoms with Crippen molar-refractivity contribution in [1.82, 2.24) is 4.90 Å². The second-order valence-electron chi connectivity index (χ2n) is 5.92. The molecule has 2 N–H and O–H groups in total. The standard InChI is InChI=1S/C13H28N2S/c1-13(2)7-5-6-11(12(13)14)10-15(3)8-9-16-4/h11-12H,5-10,14H2,1-4H3. The smallest absolute Gasteiger partial charge is 0.0131 e. The Hall–Kier alpha value is 0.270. The lowest BCUT2D eigenvalue weighted by atomic mass is 9.68. The summed E-state index contributed by atoms with van der Waals surface area (Å²) in [6.45, 7) is 7.01. The topological polar surface area (TPSA) is 29.3 Å². The molecule has 0 aliphatic heterocycles. The Morgan fingerprint density at radius 1 is 1.44 bits per heavy atom. The third kappa shape index (κ3) is 3.94. The first-order valence-electron chi connectivity index (χ1n) is 6.40. The zero-order chi connectivity index (χ0) is 12.2. The molecule has 0 saturated heterocycles. The first kappa shape index (κ1) is 14.3. The van der Waals surface area contributed by atoms with Crippen molar-refractivity contribution in [1.29, 1.82) is 0 Å². The van der Waals surface area contributed by atoms with Crippen LogP contribution in [0, 0.1) is 11.3 Å². The van der Waals surface area contributed by atoms with E-state index in [1.54, 1.807) is 0 Å². The molecule has 0 spiro atoms. The monoisotopic (exact) mass is 244 g/mol. The van der Waals surface area contributed by atoms with E-state index in [0.717, 1.165) is 0 Å². The maximum atomic E-state index is 6.40. The van der Waals surface area contributed by atoms with Gasteiger partial charge < -0.3 is 10.6 Å². The molecule has 2 unspecified atom stereocenters. The molecule has 16 heavy (non-hydrogen) atoms. The Morgan fingerprint density at radius 3 is 2.75 bits per heavy atom. The second kappa shape index (κ2) is 6.27. The molecule has 1 aliphatic carbocycles. The van der Waals surface area contributed by atoms with Gasteiger partial charge in [-0.15, -0.1) is 0 Å². The SMILES string of the molecule is CSCCN(C)CC1CCCC(C)(C)C1N. The lowest BCUT2D eigenvalue weighted by molar-refractivity contribution is 0.112. The van der Waals surface area contributed by atoms with Gasteiger partial charge in [-0.05, 0) is 37.5 Å². The van der Waals surface area contributed by atoms with Crippen molar-refractivity contribution in [3.05, 3.63) is 0 Å². The fourth-order valence-corrected chi connectivity index (χ4v) is 3.24. The molecular weight excluding hydrogens is 216 g/mol. The summed E-state index contributed by atoms with van der Waals surface area (Å²) in [6, 6.07) is 0.373. The van der Waals surface area contributed by atoms with Gasteiger partial charge in [-0.1, -0.05) is 20.3 Å². The summed E-state index contributed by atoms with van der Waals surface area (Å²) in [6.07, 6.45) is 6.12. The highest BCUT2D eigenvalue weighted by Crippen LogP contribution is 2.37. The highest BCUT2D eigenvalue weighted by Gasteiger charge is 2.36. The Labute approximate surface area is 105 Å². The number of rotatable bonds is 5. The zero-order valence-corrected chi connectivity index (χ0v) is 12.1. The van der Waals surface area contributed by atoms with Gasteiger partial charge in [0.25, 0.3) is 0 Å². The van der Waals surface area contributed by atoms with E-state index in [1.165, 1.54) is 38.1 Å². The van der Waals surface area contributed by atoms with Crippen molar-refractivity contribution in [2.24, 2.45) is 17.1 Å². The van der Waals surface area contributed by atoms with E-state index in [4.69, 9.17) is 5.73 Å². The predicted octanol–water partition coefficient (Wildman–Crippen LogP) is 2.43. The van der Waals surface area contributed by atoms with E-state index in [9.17, 15) is 0 Å².